The number of nitrogens with one attached hydrogen (secondary N) is 1. The predicted molar refractivity (Wildman–Crippen MR) is 82.1 cm³/mol. The van der Waals surface area contributed by atoms with Crippen molar-refractivity contribution in [1.29, 1.82) is 0 Å². The molecule has 2 aromatic rings. The fraction of sp³-hybridized carbons (Fsp3) is 0.143. The summed E-state index contributed by atoms with van der Waals surface area (Å²) in [5.41, 5.74) is 2.21. The molecular formula is C14H14BrNO3S. The fourth-order valence-electron chi connectivity index (χ4n) is 1.69. The molecule has 0 fully saturated rings. The second-order valence-electron chi connectivity index (χ2n) is 4.39. The van der Waals surface area contributed by atoms with Crippen LogP contribution in [-0.4, -0.2) is 13.5 Å². The number of rotatable bonds is 4. The van der Waals surface area contributed by atoms with E-state index in [9.17, 15) is 8.42 Å². The molecule has 0 aliphatic heterocycles. The van der Waals surface area contributed by atoms with Gasteiger partial charge < -0.3 is 5.11 Å². The third-order valence-corrected chi connectivity index (χ3v) is 5.13. The molecule has 4 nitrogen and oxygen atoms in total. The van der Waals surface area contributed by atoms with E-state index in [-0.39, 0.29) is 11.5 Å². The highest BCUT2D eigenvalue weighted by molar-refractivity contribution is 9.10. The first kappa shape index (κ1) is 15.0. The van der Waals surface area contributed by atoms with Crippen molar-refractivity contribution < 1.29 is 13.5 Å². The molecule has 0 aliphatic rings. The Morgan fingerprint density at radius 3 is 2.35 bits per heavy atom. The Morgan fingerprint density at radius 1 is 1.15 bits per heavy atom. The molecule has 0 unspecified atom stereocenters. The van der Waals surface area contributed by atoms with E-state index < -0.39 is 10.0 Å². The van der Waals surface area contributed by atoms with Crippen LogP contribution in [0.25, 0.3) is 0 Å². The van der Waals surface area contributed by atoms with Crippen molar-refractivity contribution in [3.63, 3.8) is 0 Å². The van der Waals surface area contributed by atoms with Gasteiger partial charge in [0.2, 0.25) is 0 Å². The molecule has 106 valence electrons. The number of sulfonamides is 1. The molecule has 0 bridgehead atoms. The third-order valence-electron chi connectivity index (χ3n) is 2.77. The molecular weight excluding hydrogens is 342 g/mol. The molecule has 2 aromatic carbocycles. The van der Waals surface area contributed by atoms with E-state index in [1.165, 1.54) is 6.07 Å². The summed E-state index contributed by atoms with van der Waals surface area (Å²) in [5.74, 6) is 0. The number of benzene rings is 2. The number of halogens is 1. The van der Waals surface area contributed by atoms with Crippen molar-refractivity contribution in [1.82, 2.24) is 0 Å². The second kappa shape index (κ2) is 5.95. The molecule has 0 spiro atoms. The van der Waals surface area contributed by atoms with Gasteiger partial charge in [-0.15, -0.1) is 0 Å². The number of aryl methyl sites for hydroxylation is 1. The largest absolute Gasteiger partial charge is 0.392 e. The lowest BCUT2D eigenvalue weighted by Gasteiger charge is -2.10. The number of aliphatic hydroxyl groups excluding tert-OH is 1. The van der Waals surface area contributed by atoms with Gasteiger partial charge in [-0.05, 0) is 52.7 Å². The van der Waals surface area contributed by atoms with Crippen molar-refractivity contribution in [2.45, 2.75) is 18.4 Å². The van der Waals surface area contributed by atoms with E-state index in [4.69, 9.17) is 5.11 Å². The summed E-state index contributed by atoms with van der Waals surface area (Å²) in [6.07, 6.45) is 0. The molecule has 20 heavy (non-hydrogen) atoms. The van der Waals surface area contributed by atoms with Gasteiger partial charge in [0.15, 0.2) is 0 Å². The molecule has 0 saturated heterocycles. The normalized spacial score (nSPS) is 11.3. The Morgan fingerprint density at radius 2 is 1.80 bits per heavy atom. The molecule has 6 heteroatoms. The topological polar surface area (TPSA) is 66.4 Å². The Bertz CT molecular complexity index is 712. The number of hydrogen-bond donors (Lipinski definition) is 2. The highest BCUT2D eigenvalue weighted by Gasteiger charge is 2.17. The molecule has 2 N–H and O–H groups in total. The van der Waals surface area contributed by atoms with Crippen molar-refractivity contribution in [3.8, 4) is 0 Å². The van der Waals surface area contributed by atoms with E-state index in [0.29, 0.717) is 15.7 Å². The Hall–Kier alpha value is -1.37. The van der Waals surface area contributed by atoms with Crippen LogP contribution >= 0.6 is 15.9 Å². The lowest BCUT2D eigenvalue weighted by molar-refractivity contribution is 0.281. The second-order valence-corrected chi connectivity index (χ2v) is 6.90. The van der Waals surface area contributed by atoms with Crippen LogP contribution in [0.4, 0.5) is 5.69 Å². The molecule has 0 aromatic heterocycles. The SMILES string of the molecule is Cc1ccc(NS(=O)(=O)c2ccc(CO)cc2Br)cc1. The van der Waals surface area contributed by atoms with Crippen LogP contribution < -0.4 is 4.72 Å². The maximum absolute atomic E-state index is 12.3. The summed E-state index contributed by atoms with van der Waals surface area (Å²) in [5, 5.41) is 9.03. The molecule has 0 atom stereocenters. The minimum Gasteiger partial charge on any atom is -0.392 e. The van der Waals surface area contributed by atoms with Gasteiger partial charge in [-0.1, -0.05) is 23.8 Å². The van der Waals surface area contributed by atoms with Crippen LogP contribution in [0.2, 0.25) is 0 Å². The first-order chi connectivity index (χ1) is 9.42. The van der Waals surface area contributed by atoms with E-state index in [1.807, 2.05) is 19.1 Å². The summed E-state index contributed by atoms with van der Waals surface area (Å²) in [7, 11) is -3.66. The molecule has 0 saturated carbocycles. The summed E-state index contributed by atoms with van der Waals surface area (Å²) >= 11 is 3.22. The number of aliphatic hydroxyl groups is 1. The quantitative estimate of drug-likeness (QED) is 0.885. The van der Waals surface area contributed by atoms with Gasteiger partial charge in [0.05, 0.1) is 6.61 Å². The van der Waals surface area contributed by atoms with Gasteiger partial charge >= 0.3 is 0 Å². The maximum atomic E-state index is 12.3. The van der Waals surface area contributed by atoms with Crippen LogP contribution in [0, 0.1) is 6.92 Å². The van der Waals surface area contributed by atoms with Gasteiger partial charge in [0.1, 0.15) is 4.90 Å². The lowest BCUT2D eigenvalue weighted by atomic mass is 10.2. The van der Waals surface area contributed by atoms with E-state index >= 15 is 0 Å². The van der Waals surface area contributed by atoms with E-state index in [0.717, 1.165) is 5.56 Å². The average Bonchev–Trinajstić information content (AvgIpc) is 2.40. The Labute approximate surface area is 126 Å². The van der Waals surface area contributed by atoms with Gasteiger partial charge in [0, 0.05) is 10.2 Å². The fourth-order valence-corrected chi connectivity index (χ4v) is 3.88. The van der Waals surface area contributed by atoms with Crippen LogP contribution in [0.3, 0.4) is 0 Å². The smallest absolute Gasteiger partial charge is 0.263 e. The summed E-state index contributed by atoms with van der Waals surface area (Å²) in [6.45, 7) is 1.80. The van der Waals surface area contributed by atoms with Gasteiger partial charge in [0.25, 0.3) is 10.0 Å². The minimum atomic E-state index is -3.66. The monoisotopic (exact) mass is 355 g/mol. The van der Waals surface area contributed by atoms with E-state index in [1.54, 1.807) is 24.3 Å². The van der Waals surface area contributed by atoms with Gasteiger partial charge in [-0.25, -0.2) is 8.42 Å². The van der Waals surface area contributed by atoms with Crippen molar-refractivity contribution >= 4 is 31.6 Å². The summed E-state index contributed by atoms with van der Waals surface area (Å²) in [6, 6.07) is 11.7. The zero-order chi connectivity index (χ0) is 14.8. The highest BCUT2D eigenvalue weighted by atomic mass is 79.9. The van der Waals surface area contributed by atoms with Crippen molar-refractivity contribution in [3.05, 3.63) is 58.1 Å². The number of anilines is 1. The molecule has 0 radical (unpaired) electrons. The predicted octanol–water partition coefficient (Wildman–Crippen LogP) is 3.05. The Balaban J connectivity index is 2.33. The van der Waals surface area contributed by atoms with Gasteiger partial charge in [-0.3, -0.25) is 4.72 Å². The molecule has 0 aliphatic carbocycles. The third kappa shape index (κ3) is 3.39. The summed E-state index contributed by atoms with van der Waals surface area (Å²) < 4.78 is 27.5. The van der Waals surface area contributed by atoms with Crippen molar-refractivity contribution in [2.75, 3.05) is 4.72 Å². The average molecular weight is 356 g/mol. The lowest BCUT2D eigenvalue weighted by Crippen LogP contribution is -2.13. The molecule has 2 rings (SSSR count). The standard InChI is InChI=1S/C14H14BrNO3S/c1-10-2-5-12(6-3-10)16-20(18,19)14-7-4-11(9-17)8-13(14)15/h2-8,16-17H,9H2,1H3. The zero-order valence-electron chi connectivity index (χ0n) is 10.8. The minimum absolute atomic E-state index is 0.135. The van der Waals surface area contributed by atoms with Crippen molar-refractivity contribution in [2.24, 2.45) is 0 Å². The molecule has 0 heterocycles. The van der Waals surface area contributed by atoms with Crippen LogP contribution in [-0.2, 0) is 16.6 Å². The summed E-state index contributed by atoms with van der Waals surface area (Å²) in [4.78, 5) is 0.135. The zero-order valence-corrected chi connectivity index (χ0v) is 13.2. The first-order valence-electron chi connectivity index (χ1n) is 5.91. The van der Waals surface area contributed by atoms with Crippen LogP contribution in [0.1, 0.15) is 11.1 Å². The first-order valence-corrected chi connectivity index (χ1v) is 8.19. The maximum Gasteiger partial charge on any atom is 0.263 e. The van der Waals surface area contributed by atoms with Gasteiger partial charge in [-0.2, -0.15) is 0 Å². The van der Waals surface area contributed by atoms with E-state index in [2.05, 4.69) is 20.7 Å². The molecule has 0 amide bonds. The number of hydrogen-bond acceptors (Lipinski definition) is 3. The highest BCUT2D eigenvalue weighted by Crippen LogP contribution is 2.25. The van der Waals surface area contributed by atoms with Crippen LogP contribution in [0.15, 0.2) is 51.8 Å². The van der Waals surface area contributed by atoms with Crippen LogP contribution in [0.5, 0.6) is 0 Å². The Kier molecular flexibility index (Phi) is 4.47.